The van der Waals surface area contributed by atoms with Crippen LogP contribution in [0.4, 0.5) is 0 Å². The van der Waals surface area contributed by atoms with E-state index < -0.39 is 8.07 Å². The Balaban J connectivity index is 2.16. The second kappa shape index (κ2) is 13.4. The molecule has 0 aliphatic heterocycles. The monoisotopic (exact) mass is 420 g/mol. The molecule has 0 nitrogen and oxygen atoms in total. The molecule has 1 aliphatic rings. The summed E-state index contributed by atoms with van der Waals surface area (Å²) < 4.78 is 0. The van der Waals surface area contributed by atoms with E-state index in [-0.39, 0.29) is 0 Å². The van der Waals surface area contributed by atoms with Gasteiger partial charge >= 0.3 is 0 Å². The van der Waals surface area contributed by atoms with E-state index in [1.54, 1.807) is 6.04 Å². The van der Waals surface area contributed by atoms with Crippen LogP contribution in [0.2, 0.25) is 24.2 Å². The quantitative estimate of drug-likeness (QED) is 0.164. The highest BCUT2D eigenvalue weighted by atomic mass is 32.2. The predicted octanol–water partition coefficient (Wildman–Crippen LogP) is 7.82. The molecule has 0 atom stereocenters. The fourth-order valence-electron chi connectivity index (χ4n) is 4.86. The Hall–Kier alpha value is 1.27. The van der Waals surface area contributed by atoms with Crippen molar-refractivity contribution in [1.29, 1.82) is 0 Å². The van der Waals surface area contributed by atoms with Crippen LogP contribution in [0.15, 0.2) is 0 Å². The van der Waals surface area contributed by atoms with Crippen molar-refractivity contribution in [3.63, 3.8) is 0 Å². The smallest absolute Gasteiger partial charge is 0.0527 e. The van der Waals surface area contributed by atoms with Gasteiger partial charge in [-0.3, -0.25) is 0 Å². The first-order chi connectivity index (χ1) is 12.1. The molecule has 25 heavy (non-hydrogen) atoms. The third-order valence-electron chi connectivity index (χ3n) is 7.37. The van der Waals surface area contributed by atoms with Gasteiger partial charge in [-0.1, -0.05) is 44.9 Å². The molecule has 0 amide bonds. The summed E-state index contributed by atoms with van der Waals surface area (Å²) in [6, 6.07) is 6.05. The summed E-state index contributed by atoms with van der Waals surface area (Å²) in [4.78, 5) is 0. The lowest BCUT2D eigenvalue weighted by Gasteiger charge is -2.40. The molecular formula is C21H44S3Si. The minimum Gasteiger partial charge on any atom is -0.179 e. The third kappa shape index (κ3) is 8.44. The first-order valence-corrected chi connectivity index (χ1v) is 16.1. The van der Waals surface area contributed by atoms with E-state index in [4.69, 9.17) is 0 Å². The van der Waals surface area contributed by atoms with E-state index in [1.807, 2.05) is 0 Å². The fraction of sp³-hybridized carbons (Fsp3) is 1.00. The van der Waals surface area contributed by atoms with Crippen molar-refractivity contribution in [3.05, 3.63) is 0 Å². The molecule has 150 valence electrons. The van der Waals surface area contributed by atoms with Crippen LogP contribution in [0.1, 0.15) is 72.1 Å². The van der Waals surface area contributed by atoms with Gasteiger partial charge < -0.3 is 0 Å². The molecule has 0 saturated heterocycles. The van der Waals surface area contributed by atoms with Gasteiger partial charge in [0.05, 0.1) is 8.07 Å². The number of hydrogen-bond donors (Lipinski definition) is 2. The molecule has 1 saturated carbocycles. The lowest BCUT2D eigenvalue weighted by Crippen LogP contribution is -2.31. The third-order valence-corrected chi connectivity index (χ3v) is 14.8. The summed E-state index contributed by atoms with van der Waals surface area (Å²) in [7, 11) is -0.868. The second-order valence-corrected chi connectivity index (χ2v) is 16.2. The van der Waals surface area contributed by atoms with E-state index in [9.17, 15) is 0 Å². The minimum atomic E-state index is -0.868. The van der Waals surface area contributed by atoms with E-state index in [2.05, 4.69) is 57.8 Å². The molecule has 0 aromatic heterocycles. The molecule has 4 heteroatoms. The Labute approximate surface area is 175 Å². The van der Waals surface area contributed by atoms with E-state index in [1.165, 1.54) is 81.0 Å². The number of hydrogen-bond acceptors (Lipinski definition) is 3. The SMILES string of the molecule is CC[Si](CC)(CC)CCCSCCC1CCC(CCS)(CCS)CC1. The van der Waals surface area contributed by atoms with Crippen molar-refractivity contribution in [2.24, 2.45) is 11.3 Å². The van der Waals surface area contributed by atoms with Gasteiger partial charge in [0.2, 0.25) is 0 Å². The molecule has 0 aromatic rings. The van der Waals surface area contributed by atoms with Crippen molar-refractivity contribution in [2.45, 2.75) is 96.3 Å². The van der Waals surface area contributed by atoms with Crippen LogP contribution in [-0.2, 0) is 0 Å². The first-order valence-electron chi connectivity index (χ1n) is 10.9. The molecule has 0 N–H and O–H groups in total. The Bertz CT molecular complexity index is 307. The largest absolute Gasteiger partial charge is 0.179 e. The van der Waals surface area contributed by atoms with Gasteiger partial charge in [-0.2, -0.15) is 37.0 Å². The van der Waals surface area contributed by atoms with Crippen LogP contribution in [0.3, 0.4) is 0 Å². The topological polar surface area (TPSA) is 0 Å². The Morgan fingerprint density at radius 2 is 1.48 bits per heavy atom. The average molecular weight is 421 g/mol. The van der Waals surface area contributed by atoms with Crippen LogP contribution in [0.5, 0.6) is 0 Å². The zero-order valence-electron chi connectivity index (χ0n) is 17.2. The maximum absolute atomic E-state index is 4.50. The van der Waals surface area contributed by atoms with Gasteiger partial charge in [0, 0.05) is 0 Å². The van der Waals surface area contributed by atoms with Gasteiger partial charge in [0.15, 0.2) is 0 Å². The molecule has 0 heterocycles. The van der Waals surface area contributed by atoms with Crippen LogP contribution in [0.25, 0.3) is 0 Å². The summed E-state index contributed by atoms with van der Waals surface area (Å²) in [5.41, 5.74) is 0.585. The van der Waals surface area contributed by atoms with Crippen molar-refractivity contribution in [3.8, 4) is 0 Å². The van der Waals surface area contributed by atoms with Crippen molar-refractivity contribution in [2.75, 3.05) is 23.0 Å². The zero-order chi connectivity index (χ0) is 18.6. The van der Waals surface area contributed by atoms with E-state index in [0.29, 0.717) is 5.41 Å². The van der Waals surface area contributed by atoms with E-state index in [0.717, 1.165) is 17.4 Å². The molecule has 0 spiro atoms. The zero-order valence-corrected chi connectivity index (χ0v) is 20.8. The van der Waals surface area contributed by atoms with Crippen LogP contribution in [-0.4, -0.2) is 31.1 Å². The van der Waals surface area contributed by atoms with Gasteiger partial charge in [0.25, 0.3) is 0 Å². The van der Waals surface area contributed by atoms with Gasteiger partial charge in [0.1, 0.15) is 0 Å². The molecule has 0 unspecified atom stereocenters. The first kappa shape index (κ1) is 24.3. The van der Waals surface area contributed by atoms with Crippen LogP contribution in [0, 0.1) is 11.3 Å². The van der Waals surface area contributed by atoms with Crippen LogP contribution >= 0.6 is 37.0 Å². The lowest BCUT2D eigenvalue weighted by atomic mass is 9.67. The van der Waals surface area contributed by atoms with Gasteiger partial charge in [-0.25, -0.2) is 0 Å². The molecular weight excluding hydrogens is 377 g/mol. The summed E-state index contributed by atoms with van der Waals surface area (Å²) in [6.07, 6.45) is 11.3. The summed E-state index contributed by atoms with van der Waals surface area (Å²) in [5, 5.41) is 0. The van der Waals surface area contributed by atoms with Crippen molar-refractivity contribution >= 4 is 45.1 Å². The predicted molar refractivity (Wildman–Crippen MR) is 130 cm³/mol. The average Bonchev–Trinajstić information content (AvgIpc) is 2.64. The Morgan fingerprint density at radius 3 is 1.96 bits per heavy atom. The highest BCUT2D eigenvalue weighted by Crippen LogP contribution is 2.45. The van der Waals surface area contributed by atoms with E-state index >= 15 is 0 Å². The molecule has 1 rings (SSSR count). The minimum absolute atomic E-state index is 0.585. The number of rotatable bonds is 14. The summed E-state index contributed by atoms with van der Waals surface area (Å²) >= 11 is 11.2. The second-order valence-electron chi connectivity index (χ2n) is 8.46. The number of thiol groups is 2. The maximum Gasteiger partial charge on any atom is 0.0527 e. The molecule has 1 aliphatic carbocycles. The highest BCUT2D eigenvalue weighted by molar-refractivity contribution is 7.99. The Morgan fingerprint density at radius 1 is 0.920 bits per heavy atom. The highest BCUT2D eigenvalue weighted by Gasteiger charge is 2.33. The molecule has 0 radical (unpaired) electrons. The summed E-state index contributed by atoms with van der Waals surface area (Å²) in [5.74, 6) is 5.90. The normalized spacial score (nSPS) is 18.6. The molecule has 0 bridgehead atoms. The van der Waals surface area contributed by atoms with Crippen LogP contribution < -0.4 is 0 Å². The number of thioether (sulfide) groups is 1. The summed E-state index contributed by atoms with van der Waals surface area (Å²) in [6.45, 7) is 7.32. The molecule has 1 fully saturated rings. The maximum atomic E-state index is 4.50. The van der Waals surface area contributed by atoms with Crippen molar-refractivity contribution < 1.29 is 0 Å². The van der Waals surface area contributed by atoms with Crippen molar-refractivity contribution in [1.82, 2.24) is 0 Å². The fourth-order valence-corrected chi connectivity index (χ4v) is 10.6. The lowest BCUT2D eigenvalue weighted by molar-refractivity contribution is 0.138. The Kier molecular flexibility index (Phi) is 13.1. The van der Waals surface area contributed by atoms with Gasteiger partial charge in [-0.15, -0.1) is 0 Å². The molecule has 0 aromatic carbocycles. The standard InChI is InChI=1S/C21H44S3Si/c1-4-25(5-2,6-3)19-7-17-24-18-10-20-8-11-21(12-9-20,13-15-22)14-16-23/h20,22-23H,4-19H2,1-3H3. The van der Waals surface area contributed by atoms with Gasteiger partial charge in [-0.05, 0) is 85.7 Å².